The second kappa shape index (κ2) is 6.94. The molecule has 0 atom stereocenters. The summed E-state index contributed by atoms with van der Waals surface area (Å²) in [4.78, 5) is 13.9. The van der Waals surface area contributed by atoms with Crippen molar-refractivity contribution in [3.05, 3.63) is 40.0 Å². The number of aryl methyl sites for hydroxylation is 3. The zero-order chi connectivity index (χ0) is 15.2. The van der Waals surface area contributed by atoms with E-state index in [4.69, 9.17) is 11.1 Å². The Labute approximate surface area is 127 Å². The minimum absolute atomic E-state index is 0.217. The maximum Gasteiger partial charge on any atom is 0.214 e. The molecule has 2 rings (SSSR count). The van der Waals surface area contributed by atoms with Gasteiger partial charge in [0.05, 0.1) is 0 Å². The fourth-order valence-electron chi connectivity index (χ4n) is 1.92. The summed E-state index contributed by atoms with van der Waals surface area (Å²) in [6, 6.07) is 5.94. The Kier molecular flexibility index (Phi) is 4.99. The average Bonchev–Trinajstić information content (AvgIpc) is 2.87. The SMILES string of the molecule is Cc1cc(N/C(CCc2cccs2)=N\C(=N)N)nc(C)n1. The van der Waals surface area contributed by atoms with Crippen molar-refractivity contribution in [1.29, 1.82) is 5.41 Å². The number of guanidine groups is 1. The number of anilines is 1. The van der Waals surface area contributed by atoms with Crippen LogP contribution in [0.1, 0.15) is 22.8 Å². The van der Waals surface area contributed by atoms with Crippen molar-refractivity contribution in [2.75, 3.05) is 5.32 Å². The van der Waals surface area contributed by atoms with Gasteiger partial charge in [-0.1, -0.05) is 6.07 Å². The highest BCUT2D eigenvalue weighted by Crippen LogP contribution is 2.13. The molecule has 0 aliphatic heterocycles. The molecule has 2 aromatic rings. The van der Waals surface area contributed by atoms with E-state index in [0.717, 1.165) is 12.1 Å². The average molecular weight is 302 g/mol. The summed E-state index contributed by atoms with van der Waals surface area (Å²) in [5.74, 6) is 1.78. The van der Waals surface area contributed by atoms with Crippen molar-refractivity contribution < 1.29 is 0 Å². The lowest BCUT2D eigenvalue weighted by atomic mass is 10.2. The van der Waals surface area contributed by atoms with Crippen LogP contribution in [0.5, 0.6) is 0 Å². The van der Waals surface area contributed by atoms with Crippen molar-refractivity contribution in [3.8, 4) is 0 Å². The molecule has 0 unspecified atom stereocenters. The van der Waals surface area contributed by atoms with Gasteiger partial charge in [-0.05, 0) is 31.7 Å². The molecule has 0 aliphatic carbocycles. The van der Waals surface area contributed by atoms with Crippen LogP contribution in [0.4, 0.5) is 5.82 Å². The first kappa shape index (κ1) is 15.1. The molecule has 21 heavy (non-hydrogen) atoms. The van der Waals surface area contributed by atoms with Crippen molar-refractivity contribution >= 4 is 28.9 Å². The second-order valence-electron chi connectivity index (χ2n) is 4.59. The third-order valence-electron chi connectivity index (χ3n) is 2.68. The fraction of sp³-hybridized carbons (Fsp3) is 0.286. The largest absolute Gasteiger partial charge is 0.368 e. The lowest BCUT2D eigenvalue weighted by molar-refractivity contribution is 1.01. The predicted molar refractivity (Wildman–Crippen MR) is 87.1 cm³/mol. The molecule has 0 radical (unpaired) electrons. The molecule has 0 fully saturated rings. The number of rotatable bonds is 4. The molecule has 0 aromatic carbocycles. The molecular formula is C14H18N6S. The van der Waals surface area contributed by atoms with Gasteiger partial charge in [-0.25, -0.2) is 15.0 Å². The summed E-state index contributed by atoms with van der Waals surface area (Å²) >= 11 is 1.70. The van der Waals surface area contributed by atoms with Gasteiger partial charge in [0.25, 0.3) is 0 Å². The smallest absolute Gasteiger partial charge is 0.214 e. The van der Waals surface area contributed by atoms with Crippen LogP contribution in [0.25, 0.3) is 0 Å². The van der Waals surface area contributed by atoms with Crippen molar-refractivity contribution in [3.63, 3.8) is 0 Å². The zero-order valence-electron chi connectivity index (χ0n) is 12.1. The number of hydrogen-bond acceptors (Lipinski definition) is 4. The Hall–Kier alpha value is -2.28. The van der Waals surface area contributed by atoms with Gasteiger partial charge in [0.15, 0.2) is 0 Å². The summed E-state index contributed by atoms with van der Waals surface area (Å²) < 4.78 is 0. The van der Waals surface area contributed by atoms with E-state index in [1.807, 2.05) is 31.4 Å². The van der Waals surface area contributed by atoms with Gasteiger partial charge in [-0.15, -0.1) is 11.3 Å². The van der Waals surface area contributed by atoms with Crippen LogP contribution < -0.4 is 11.1 Å². The summed E-state index contributed by atoms with van der Waals surface area (Å²) in [6.45, 7) is 3.75. The minimum atomic E-state index is -0.217. The maximum atomic E-state index is 7.35. The molecular weight excluding hydrogens is 284 g/mol. The first-order chi connectivity index (χ1) is 10.0. The Balaban J connectivity index is 2.10. The van der Waals surface area contributed by atoms with Gasteiger partial charge >= 0.3 is 0 Å². The highest BCUT2D eigenvalue weighted by Gasteiger charge is 2.06. The highest BCUT2D eigenvalue weighted by molar-refractivity contribution is 7.09. The summed E-state index contributed by atoms with van der Waals surface area (Å²) in [7, 11) is 0. The monoisotopic (exact) mass is 302 g/mol. The van der Waals surface area contributed by atoms with E-state index in [9.17, 15) is 0 Å². The molecule has 0 saturated heterocycles. The molecule has 2 aromatic heterocycles. The number of nitrogens with zero attached hydrogens (tertiary/aromatic N) is 3. The van der Waals surface area contributed by atoms with E-state index in [-0.39, 0.29) is 5.96 Å². The molecule has 0 bridgehead atoms. The third-order valence-corrected chi connectivity index (χ3v) is 3.62. The fourth-order valence-corrected chi connectivity index (χ4v) is 2.63. The molecule has 0 saturated carbocycles. The van der Waals surface area contributed by atoms with Gasteiger partial charge in [-0.2, -0.15) is 0 Å². The maximum absolute atomic E-state index is 7.35. The summed E-state index contributed by atoms with van der Waals surface area (Å²) in [5.41, 5.74) is 6.26. The predicted octanol–water partition coefficient (Wildman–Crippen LogP) is 2.49. The number of nitrogens with one attached hydrogen (secondary N) is 2. The van der Waals surface area contributed by atoms with Gasteiger partial charge < -0.3 is 11.1 Å². The molecule has 2 heterocycles. The third kappa shape index (κ3) is 4.96. The van der Waals surface area contributed by atoms with Crippen LogP contribution in [0.2, 0.25) is 0 Å². The van der Waals surface area contributed by atoms with E-state index in [0.29, 0.717) is 23.9 Å². The Bertz CT molecular complexity index is 627. The Morgan fingerprint density at radius 3 is 2.86 bits per heavy atom. The number of thiophene rings is 1. The van der Waals surface area contributed by atoms with Crippen molar-refractivity contribution in [2.24, 2.45) is 10.7 Å². The van der Waals surface area contributed by atoms with Crippen LogP contribution in [-0.2, 0) is 6.42 Å². The van der Waals surface area contributed by atoms with Gasteiger partial charge in [-0.3, -0.25) is 5.41 Å². The molecule has 0 spiro atoms. The number of amidine groups is 1. The molecule has 7 heteroatoms. The summed E-state index contributed by atoms with van der Waals surface area (Å²) in [6.07, 6.45) is 1.52. The summed E-state index contributed by atoms with van der Waals surface area (Å²) in [5, 5.41) is 12.5. The van der Waals surface area contributed by atoms with Crippen LogP contribution in [0.15, 0.2) is 28.6 Å². The molecule has 110 valence electrons. The van der Waals surface area contributed by atoms with E-state index in [1.165, 1.54) is 4.88 Å². The lowest BCUT2D eigenvalue weighted by Crippen LogP contribution is -2.19. The van der Waals surface area contributed by atoms with E-state index in [1.54, 1.807) is 11.3 Å². The van der Waals surface area contributed by atoms with Crippen LogP contribution >= 0.6 is 11.3 Å². The Morgan fingerprint density at radius 2 is 2.24 bits per heavy atom. The van der Waals surface area contributed by atoms with Crippen molar-refractivity contribution in [1.82, 2.24) is 9.97 Å². The highest BCUT2D eigenvalue weighted by atomic mass is 32.1. The molecule has 0 aliphatic rings. The number of nitrogens with two attached hydrogens (primary N) is 1. The first-order valence-electron chi connectivity index (χ1n) is 6.56. The van der Waals surface area contributed by atoms with Crippen molar-refractivity contribution in [2.45, 2.75) is 26.7 Å². The number of aliphatic imine (C=N–C) groups is 1. The molecule has 0 amide bonds. The number of aromatic nitrogens is 2. The van der Waals surface area contributed by atoms with Crippen LogP contribution in [0.3, 0.4) is 0 Å². The first-order valence-corrected chi connectivity index (χ1v) is 7.44. The Morgan fingerprint density at radius 1 is 1.43 bits per heavy atom. The van der Waals surface area contributed by atoms with E-state index in [2.05, 4.69) is 26.3 Å². The topological polar surface area (TPSA) is 100 Å². The van der Waals surface area contributed by atoms with Gasteiger partial charge in [0.2, 0.25) is 5.96 Å². The van der Waals surface area contributed by atoms with E-state index < -0.39 is 0 Å². The van der Waals surface area contributed by atoms with E-state index >= 15 is 0 Å². The van der Waals surface area contributed by atoms with Gasteiger partial charge in [0, 0.05) is 23.1 Å². The second-order valence-corrected chi connectivity index (χ2v) is 5.62. The quantitative estimate of drug-likeness (QED) is 0.596. The van der Waals surface area contributed by atoms with Gasteiger partial charge in [0.1, 0.15) is 17.5 Å². The number of hydrogen-bond donors (Lipinski definition) is 3. The van der Waals surface area contributed by atoms with Crippen LogP contribution in [-0.4, -0.2) is 21.8 Å². The zero-order valence-corrected chi connectivity index (χ0v) is 12.9. The van der Waals surface area contributed by atoms with Crippen LogP contribution in [0, 0.1) is 19.3 Å². The standard InChI is InChI=1S/C14H18N6S/c1-9-8-13(18-10(2)17-9)19-12(20-14(15)16)6-5-11-4-3-7-21-11/h3-4,7-8H,5-6H2,1-2H3,(H4,15,16,17,18,19,20). The molecule has 6 nitrogen and oxygen atoms in total. The normalized spacial score (nSPS) is 11.4. The lowest BCUT2D eigenvalue weighted by Gasteiger charge is -2.10. The molecule has 4 N–H and O–H groups in total. The minimum Gasteiger partial charge on any atom is -0.368 e.